The van der Waals surface area contributed by atoms with E-state index in [4.69, 9.17) is 37.7 Å². The van der Waals surface area contributed by atoms with E-state index >= 15 is 0 Å². The lowest BCUT2D eigenvalue weighted by atomic mass is 9.99. The molecule has 0 aliphatic carbocycles. The normalized spacial score (nSPS) is 13.1. The fourth-order valence-corrected chi connectivity index (χ4v) is 6.22. The van der Waals surface area contributed by atoms with Gasteiger partial charge in [0.15, 0.2) is 0 Å². The van der Waals surface area contributed by atoms with Crippen molar-refractivity contribution in [1.29, 1.82) is 0 Å². The largest absolute Gasteiger partial charge is 0.495 e. The van der Waals surface area contributed by atoms with E-state index in [0.29, 0.717) is 42.0 Å². The minimum atomic E-state index is -0.401. The Hall–Kier alpha value is -4.91. The number of rotatable bonds is 12. The van der Waals surface area contributed by atoms with Gasteiger partial charge >= 0.3 is 0 Å². The number of aromatic nitrogens is 3. The number of nitrogens with zero attached hydrogens (tertiary/aromatic N) is 5. The Morgan fingerprint density at radius 3 is 2.45 bits per heavy atom. The monoisotopic (exact) mass is 705 g/mol. The van der Waals surface area contributed by atoms with Gasteiger partial charge in [-0.05, 0) is 44.8 Å². The maximum Gasteiger partial charge on any atom is 0.260 e. The van der Waals surface area contributed by atoms with Crippen molar-refractivity contribution in [3.05, 3.63) is 87.3 Å². The SMILES string of the molecule is C=CC(=O)Nc1cccc(C)c1Nc1ncc2cc(-c3c(Cl)c(OC)cc(OC)c3Cl)c(=O)n(CC3CN(C(=O)/C=C/CN(C)C)C3)c2n1. The minimum absolute atomic E-state index is 0.0309. The lowest BCUT2D eigenvalue weighted by Gasteiger charge is -2.39. The summed E-state index contributed by atoms with van der Waals surface area (Å²) in [7, 11) is 6.78. The third-order valence-electron chi connectivity index (χ3n) is 8.06. The maximum atomic E-state index is 14.4. The second-order valence-corrected chi connectivity index (χ2v) is 12.6. The summed E-state index contributed by atoms with van der Waals surface area (Å²) in [4.78, 5) is 52.3. The Labute approximate surface area is 293 Å². The van der Waals surface area contributed by atoms with Crippen LogP contribution in [0.3, 0.4) is 0 Å². The van der Waals surface area contributed by atoms with Crippen molar-refractivity contribution < 1.29 is 19.1 Å². The van der Waals surface area contributed by atoms with Crippen LogP contribution in [0.4, 0.5) is 17.3 Å². The van der Waals surface area contributed by atoms with E-state index in [1.165, 1.54) is 20.3 Å². The summed E-state index contributed by atoms with van der Waals surface area (Å²) in [5, 5.41) is 6.83. The number of carbonyl (C=O) groups excluding carboxylic acids is 2. The van der Waals surface area contributed by atoms with Crippen molar-refractivity contribution in [3.8, 4) is 22.6 Å². The number of ether oxygens (including phenoxy) is 2. The lowest BCUT2D eigenvalue weighted by Crippen LogP contribution is -2.51. The van der Waals surface area contributed by atoms with Gasteiger partial charge in [0.05, 0.1) is 41.2 Å². The van der Waals surface area contributed by atoms with Crippen LogP contribution in [0, 0.1) is 12.8 Å². The summed E-state index contributed by atoms with van der Waals surface area (Å²) in [6.07, 6.45) is 6.17. The number of fused-ring (bicyclic) bond motifs is 1. The first kappa shape index (κ1) is 35.4. The van der Waals surface area contributed by atoms with E-state index in [1.807, 2.05) is 44.1 Å². The van der Waals surface area contributed by atoms with Crippen LogP contribution >= 0.6 is 23.2 Å². The van der Waals surface area contributed by atoms with Crippen molar-refractivity contribution in [3.63, 3.8) is 0 Å². The van der Waals surface area contributed by atoms with E-state index < -0.39 is 5.56 Å². The van der Waals surface area contributed by atoms with Gasteiger partial charge in [-0.25, -0.2) is 4.98 Å². The predicted molar refractivity (Wildman–Crippen MR) is 193 cm³/mol. The fraction of sp³-hybridized carbons (Fsp3) is 0.286. The molecule has 2 aromatic carbocycles. The minimum Gasteiger partial charge on any atom is -0.495 e. The molecule has 0 saturated carbocycles. The second kappa shape index (κ2) is 15.1. The molecule has 2 N–H and O–H groups in total. The molecule has 1 fully saturated rings. The molecule has 2 amide bonds. The number of pyridine rings is 1. The highest BCUT2D eigenvalue weighted by Crippen LogP contribution is 2.45. The van der Waals surface area contributed by atoms with Crippen molar-refractivity contribution in [2.24, 2.45) is 5.92 Å². The summed E-state index contributed by atoms with van der Waals surface area (Å²) in [5.74, 6) is 0.282. The molecule has 3 heterocycles. The van der Waals surface area contributed by atoms with E-state index in [-0.39, 0.29) is 62.9 Å². The van der Waals surface area contributed by atoms with Crippen LogP contribution in [-0.2, 0) is 16.1 Å². The highest BCUT2D eigenvalue weighted by atomic mass is 35.5. The zero-order valence-electron chi connectivity index (χ0n) is 27.8. The van der Waals surface area contributed by atoms with Gasteiger partial charge in [-0.2, -0.15) is 4.98 Å². The summed E-state index contributed by atoms with van der Waals surface area (Å²) in [6, 6.07) is 8.63. The van der Waals surface area contributed by atoms with Gasteiger partial charge in [0.1, 0.15) is 17.1 Å². The molecule has 2 aromatic heterocycles. The second-order valence-electron chi connectivity index (χ2n) is 11.8. The van der Waals surface area contributed by atoms with Crippen molar-refractivity contribution >= 4 is 63.4 Å². The smallest absolute Gasteiger partial charge is 0.260 e. The summed E-state index contributed by atoms with van der Waals surface area (Å²) >= 11 is 13.5. The topological polar surface area (TPSA) is 131 Å². The van der Waals surface area contributed by atoms with Crippen LogP contribution in [0.15, 0.2) is 66.1 Å². The molecular weight excluding hydrogens is 669 g/mol. The molecule has 14 heteroatoms. The van der Waals surface area contributed by atoms with E-state index in [2.05, 4.69) is 22.2 Å². The molecule has 1 aliphatic heterocycles. The average molecular weight is 707 g/mol. The third kappa shape index (κ3) is 7.56. The molecule has 0 spiro atoms. The predicted octanol–water partition coefficient (Wildman–Crippen LogP) is 5.54. The number of hydrogen-bond donors (Lipinski definition) is 2. The van der Waals surface area contributed by atoms with Crippen molar-refractivity contribution in [1.82, 2.24) is 24.3 Å². The highest BCUT2D eigenvalue weighted by molar-refractivity contribution is 6.41. The molecule has 1 saturated heterocycles. The first-order valence-electron chi connectivity index (χ1n) is 15.4. The number of halogens is 2. The Morgan fingerprint density at radius 1 is 1.12 bits per heavy atom. The molecular formula is C35H37Cl2N7O5. The number of methoxy groups -OCH3 is 2. The van der Waals surface area contributed by atoms with Gasteiger partial charge in [-0.15, -0.1) is 0 Å². The molecule has 0 bridgehead atoms. The number of hydrogen-bond acceptors (Lipinski definition) is 9. The van der Waals surface area contributed by atoms with Gasteiger partial charge in [-0.1, -0.05) is 48.0 Å². The van der Waals surface area contributed by atoms with Gasteiger partial charge in [-0.3, -0.25) is 19.0 Å². The van der Waals surface area contributed by atoms with Gasteiger partial charge in [0, 0.05) is 61.4 Å². The van der Waals surface area contributed by atoms with Crippen LogP contribution in [-0.4, -0.2) is 84.1 Å². The molecule has 0 atom stereocenters. The fourth-order valence-electron chi connectivity index (χ4n) is 5.52. The van der Waals surface area contributed by atoms with Gasteiger partial charge in [0.25, 0.3) is 5.56 Å². The summed E-state index contributed by atoms with van der Waals surface area (Å²) in [5.41, 5.74) is 2.33. The number of benzene rings is 2. The van der Waals surface area contributed by atoms with Gasteiger partial charge in [0.2, 0.25) is 17.8 Å². The van der Waals surface area contributed by atoms with Crippen LogP contribution in [0.25, 0.3) is 22.2 Å². The number of likely N-dealkylation sites (N-methyl/N-ethyl adjacent to an activating group) is 1. The zero-order chi connectivity index (χ0) is 35.4. The molecule has 1 aliphatic rings. The number of anilines is 3. The number of aryl methyl sites for hydroxylation is 1. The number of amides is 2. The standard InChI is InChI=1S/C35H37Cl2N7O5/c1-7-27(45)39-24-11-8-10-20(2)32(24)40-35-38-16-22-14-23(29-30(36)25(48-5)15-26(49-6)31(29)37)34(47)44(33(22)41-35)19-21-17-43(18-21)28(46)12-9-13-42(3)4/h7-12,14-16,21H,1,13,17-19H2,2-6H3,(H,39,45)(H,38,40,41)/b12-9+. The average Bonchev–Trinajstić information content (AvgIpc) is 3.05. The molecule has 5 rings (SSSR count). The van der Waals surface area contributed by atoms with Crippen LogP contribution in [0.5, 0.6) is 11.5 Å². The number of likely N-dealkylation sites (tertiary alicyclic amines) is 1. The Balaban J connectivity index is 1.59. The van der Waals surface area contributed by atoms with Crippen LogP contribution < -0.4 is 25.7 Å². The van der Waals surface area contributed by atoms with Crippen molar-refractivity contribution in [2.45, 2.75) is 13.5 Å². The van der Waals surface area contributed by atoms with E-state index in [1.54, 1.807) is 39.9 Å². The first-order valence-corrected chi connectivity index (χ1v) is 16.1. The first-order chi connectivity index (χ1) is 23.4. The van der Waals surface area contributed by atoms with Crippen LogP contribution in [0.1, 0.15) is 5.56 Å². The molecule has 256 valence electrons. The summed E-state index contributed by atoms with van der Waals surface area (Å²) in [6.45, 7) is 7.24. The number of para-hydroxylation sites is 1. The maximum absolute atomic E-state index is 14.4. The highest BCUT2D eigenvalue weighted by Gasteiger charge is 2.31. The molecule has 49 heavy (non-hydrogen) atoms. The molecule has 0 unspecified atom stereocenters. The third-order valence-corrected chi connectivity index (χ3v) is 8.81. The lowest BCUT2D eigenvalue weighted by molar-refractivity contribution is -0.132. The number of carbonyl (C=O) groups is 2. The van der Waals surface area contributed by atoms with Crippen molar-refractivity contribution in [2.75, 3.05) is 58.6 Å². The molecule has 4 aromatic rings. The van der Waals surface area contributed by atoms with E-state index in [9.17, 15) is 14.4 Å². The Kier molecular flexibility index (Phi) is 10.9. The number of nitrogens with one attached hydrogen (secondary N) is 2. The summed E-state index contributed by atoms with van der Waals surface area (Å²) < 4.78 is 12.5. The Bertz CT molecular complexity index is 1990. The molecule has 12 nitrogen and oxygen atoms in total. The van der Waals surface area contributed by atoms with E-state index in [0.717, 1.165) is 5.56 Å². The van der Waals surface area contributed by atoms with Crippen LogP contribution in [0.2, 0.25) is 10.0 Å². The molecule has 0 radical (unpaired) electrons. The zero-order valence-corrected chi connectivity index (χ0v) is 29.4. The Morgan fingerprint density at radius 2 is 1.82 bits per heavy atom. The quantitative estimate of drug-likeness (QED) is 0.183. The van der Waals surface area contributed by atoms with Gasteiger partial charge < -0.3 is 29.9 Å².